The smallest absolute Gasteiger partial charge is 0.282 e. The van der Waals surface area contributed by atoms with Crippen LogP contribution in [-0.4, -0.2) is 25.5 Å². The summed E-state index contributed by atoms with van der Waals surface area (Å²) in [5.41, 5.74) is 1.73. The normalized spacial score (nSPS) is 13.9. The van der Waals surface area contributed by atoms with Gasteiger partial charge >= 0.3 is 0 Å². The fourth-order valence-electron chi connectivity index (χ4n) is 3.02. The van der Waals surface area contributed by atoms with Crippen LogP contribution in [0, 0.1) is 5.82 Å². The Labute approximate surface area is 159 Å². The van der Waals surface area contributed by atoms with Gasteiger partial charge in [-0.2, -0.15) is 10.2 Å². The zero-order valence-electron chi connectivity index (χ0n) is 14.9. The number of halogens is 3. The van der Waals surface area contributed by atoms with Gasteiger partial charge in [-0.3, -0.25) is 14.2 Å². The van der Waals surface area contributed by atoms with E-state index in [2.05, 4.69) is 15.5 Å². The van der Waals surface area contributed by atoms with E-state index in [1.54, 1.807) is 23.0 Å². The van der Waals surface area contributed by atoms with Crippen molar-refractivity contribution in [2.24, 2.45) is 0 Å². The number of hydrogen-bond donors (Lipinski definition) is 1. The minimum atomic E-state index is -2.66. The third-order valence-electron chi connectivity index (χ3n) is 4.52. The summed E-state index contributed by atoms with van der Waals surface area (Å²) in [5, 5.41) is 10.7. The first-order chi connectivity index (χ1) is 13.5. The number of anilines is 1. The number of nitrogens with one attached hydrogen (secondary N) is 1. The molecule has 1 aliphatic rings. The summed E-state index contributed by atoms with van der Waals surface area (Å²) in [7, 11) is 0. The Kier molecular flexibility index (Phi) is 4.89. The molecule has 0 unspecified atom stereocenters. The zero-order chi connectivity index (χ0) is 19.7. The molecule has 1 fully saturated rings. The Morgan fingerprint density at radius 3 is 2.68 bits per heavy atom. The van der Waals surface area contributed by atoms with Crippen molar-refractivity contribution in [3.63, 3.8) is 0 Å². The van der Waals surface area contributed by atoms with Crippen LogP contribution in [0.3, 0.4) is 0 Å². The number of nitrogens with zero attached hydrogens (tertiary/aromatic N) is 4. The number of alkyl halides is 2. The van der Waals surface area contributed by atoms with E-state index in [4.69, 9.17) is 0 Å². The van der Waals surface area contributed by atoms with E-state index in [-0.39, 0.29) is 29.9 Å². The molecule has 1 saturated carbocycles. The second-order valence-electron chi connectivity index (χ2n) is 6.83. The molecule has 3 aromatic rings. The van der Waals surface area contributed by atoms with Crippen molar-refractivity contribution in [3.8, 4) is 0 Å². The van der Waals surface area contributed by atoms with Crippen LogP contribution in [0.1, 0.15) is 42.1 Å². The largest absolute Gasteiger partial charge is 0.322 e. The standard InChI is InChI=1S/C19H18F3N5O/c20-14-5-1-12(2-6-14)9-26-10-15(8-23-26)24-18(28)11-27-17(13-3-4-13)7-16(25-27)19(21)22/h1-2,5-8,10,13,19H,3-4,9,11H2,(H,24,28). The topological polar surface area (TPSA) is 64.7 Å². The number of hydrogen-bond acceptors (Lipinski definition) is 3. The van der Waals surface area contributed by atoms with Gasteiger partial charge < -0.3 is 5.32 Å². The Bertz CT molecular complexity index is 976. The summed E-state index contributed by atoms with van der Waals surface area (Å²) < 4.78 is 41.8. The average molecular weight is 389 g/mol. The van der Waals surface area contributed by atoms with Crippen molar-refractivity contribution in [2.45, 2.75) is 38.3 Å². The van der Waals surface area contributed by atoms with E-state index in [1.165, 1.54) is 29.1 Å². The van der Waals surface area contributed by atoms with E-state index in [0.29, 0.717) is 17.9 Å². The molecule has 0 aliphatic heterocycles. The van der Waals surface area contributed by atoms with E-state index < -0.39 is 6.43 Å². The molecule has 0 bridgehead atoms. The van der Waals surface area contributed by atoms with E-state index in [9.17, 15) is 18.0 Å². The summed E-state index contributed by atoms with van der Waals surface area (Å²) in [6.45, 7) is 0.292. The summed E-state index contributed by atoms with van der Waals surface area (Å²) >= 11 is 0. The van der Waals surface area contributed by atoms with Crippen molar-refractivity contribution in [2.75, 3.05) is 5.32 Å². The first kappa shape index (κ1) is 18.3. The van der Waals surface area contributed by atoms with Gasteiger partial charge in [-0.15, -0.1) is 0 Å². The molecule has 9 heteroatoms. The third-order valence-corrected chi connectivity index (χ3v) is 4.52. The quantitative estimate of drug-likeness (QED) is 0.670. The highest BCUT2D eigenvalue weighted by Gasteiger charge is 2.30. The second-order valence-corrected chi connectivity index (χ2v) is 6.83. The maximum atomic E-state index is 13.0. The van der Waals surface area contributed by atoms with Gasteiger partial charge in [-0.1, -0.05) is 12.1 Å². The lowest BCUT2D eigenvalue weighted by Gasteiger charge is -2.06. The van der Waals surface area contributed by atoms with E-state index >= 15 is 0 Å². The van der Waals surface area contributed by atoms with Crippen LogP contribution in [0.25, 0.3) is 0 Å². The average Bonchev–Trinajstić information content (AvgIpc) is 3.27. The van der Waals surface area contributed by atoms with Crippen molar-refractivity contribution in [1.82, 2.24) is 19.6 Å². The number of rotatable bonds is 7. The Morgan fingerprint density at radius 1 is 1.25 bits per heavy atom. The maximum Gasteiger partial charge on any atom is 0.282 e. The molecule has 1 N–H and O–H groups in total. The molecule has 0 atom stereocenters. The zero-order valence-corrected chi connectivity index (χ0v) is 14.9. The number of carbonyl (C=O) groups is 1. The Balaban J connectivity index is 1.39. The molecular weight excluding hydrogens is 371 g/mol. The minimum Gasteiger partial charge on any atom is -0.322 e. The van der Waals surface area contributed by atoms with Crippen molar-refractivity contribution in [3.05, 3.63) is 65.5 Å². The molecule has 4 rings (SSSR count). The second kappa shape index (κ2) is 7.49. The lowest BCUT2D eigenvalue weighted by atomic mass is 10.2. The fourth-order valence-corrected chi connectivity index (χ4v) is 3.02. The highest BCUT2D eigenvalue weighted by molar-refractivity contribution is 5.90. The van der Waals surface area contributed by atoms with Gasteiger partial charge in [0.05, 0.1) is 18.4 Å². The van der Waals surface area contributed by atoms with Crippen LogP contribution < -0.4 is 5.32 Å². The predicted molar refractivity (Wildman–Crippen MR) is 95.5 cm³/mol. The molecule has 146 valence electrons. The molecule has 1 aromatic carbocycles. The van der Waals surface area contributed by atoms with Crippen molar-refractivity contribution >= 4 is 11.6 Å². The third kappa shape index (κ3) is 4.24. The summed E-state index contributed by atoms with van der Waals surface area (Å²) in [4.78, 5) is 12.3. The van der Waals surface area contributed by atoms with E-state index in [1.807, 2.05) is 0 Å². The molecule has 2 aromatic heterocycles. The number of amides is 1. The van der Waals surface area contributed by atoms with E-state index in [0.717, 1.165) is 18.4 Å². The van der Waals surface area contributed by atoms with Gasteiger partial charge in [0.25, 0.3) is 6.43 Å². The van der Waals surface area contributed by atoms with Crippen LogP contribution in [0.2, 0.25) is 0 Å². The monoisotopic (exact) mass is 389 g/mol. The van der Waals surface area contributed by atoms with Gasteiger partial charge in [0.2, 0.25) is 5.91 Å². The number of benzene rings is 1. The van der Waals surface area contributed by atoms with Gasteiger partial charge in [-0.05, 0) is 36.6 Å². The maximum absolute atomic E-state index is 13.0. The Morgan fingerprint density at radius 2 is 2.00 bits per heavy atom. The lowest BCUT2D eigenvalue weighted by molar-refractivity contribution is -0.117. The highest BCUT2D eigenvalue weighted by Crippen LogP contribution is 2.41. The van der Waals surface area contributed by atoms with Crippen LogP contribution in [-0.2, 0) is 17.9 Å². The molecule has 1 amide bonds. The number of aromatic nitrogens is 4. The van der Waals surface area contributed by atoms with Gasteiger partial charge in [-0.25, -0.2) is 13.2 Å². The molecule has 0 spiro atoms. The first-order valence-electron chi connectivity index (χ1n) is 8.90. The van der Waals surface area contributed by atoms with Gasteiger partial charge in [0.1, 0.15) is 18.1 Å². The first-order valence-corrected chi connectivity index (χ1v) is 8.90. The van der Waals surface area contributed by atoms with Crippen LogP contribution in [0.5, 0.6) is 0 Å². The fraction of sp³-hybridized carbons (Fsp3) is 0.316. The minimum absolute atomic E-state index is 0.137. The van der Waals surface area contributed by atoms with Gasteiger partial charge in [0, 0.05) is 17.8 Å². The molecule has 6 nitrogen and oxygen atoms in total. The van der Waals surface area contributed by atoms with Crippen LogP contribution >= 0.6 is 0 Å². The number of carbonyl (C=O) groups excluding carboxylic acids is 1. The predicted octanol–water partition coefficient (Wildman–Crippen LogP) is 3.72. The van der Waals surface area contributed by atoms with Crippen LogP contribution in [0.4, 0.5) is 18.9 Å². The summed E-state index contributed by atoms with van der Waals surface area (Å²) in [5.74, 6) is -0.477. The molecule has 1 aliphatic carbocycles. The summed E-state index contributed by atoms with van der Waals surface area (Å²) in [6, 6.07) is 7.45. The SMILES string of the molecule is O=C(Cn1nc(C(F)F)cc1C1CC1)Nc1cnn(Cc2ccc(F)cc2)c1. The van der Waals surface area contributed by atoms with Crippen molar-refractivity contribution < 1.29 is 18.0 Å². The molecule has 0 radical (unpaired) electrons. The van der Waals surface area contributed by atoms with Crippen molar-refractivity contribution in [1.29, 1.82) is 0 Å². The molecular formula is C19H18F3N5O. The lowest BCUT2D eigenvalue weighted by Crippen LogP contribution is -2.20. The molecule has 0 saturated heterocycles. The van der Waals surface area contributed by atoms with Gasteiger partial charge in [0.15, 0.2) is 0 Å². The molecule has 2 heterocycles. The highest BCUT2D eigenvalue weighted by atomic mass is 19.3. The summed E-state index contributed by atoms with van der Waals surface area (Å²) in [6.07, 6.45) is 2.33. The van der Waals surface area contributed by atoms with Crippen LogP contribution in [0.15, 0.2) is 42.7 Å². The molecule has 28 heavy (non-hydrogen) atoms. The Hall–Kier alpha value is -3.10.